The van der Waals surface area contributed by atoms with Crippen molar-refractivity contribution in [3.05, 3.63) is 36.0 Å². The van der Waals surface area contributed by atoms with Gasteiger partial charge in [0, 0.05) is 50.1 Å². The van der Waals surface area contributed by atoms with Gasteiger partial charge in [-0.1, -0.05) is 18.2 Å². The highest BCUT2D eigenvalue weighted by Crippen LogP contribution is 2.23. The fourth-order valence-electron chi connectivity index (χ4n) is 4.81. The largest absolute Gasteiger partial charge is 0.370 e. The van der Waals surface area contributed by atoms with Crippen molar-refractivity contribution in [2.45, 2.75) is 64.1 Å². The van der Waals surface area contributed by atoms with Gasteiger partial charge in [-0.05, 0) is 44.2 Å². The maximum absolute atomic E-state index is 13.7. The Labute approximate surface area is 222 Å². The average Bonchev–Trinajstić information content (AvgIpc) is 3.52. The second kappa shape index (κ2) is 13.5. The van der Waals surface area contributed by atoms with E-state index >= 15 is 0 Å². The molecule has 4 amide bonds. The Balaban J connectivity index is 1.73. The van der Waals surface area contributed by atoms with Gasteiger partial charge in [0.05, 0.1) is 0 Å². The molecule has 0 unspecified atom stereocenters. The van der Waals surface area contributed by atoms with Crippen LogP contribution < -0.4 is 27.4 Å². The van der Waals surface area contributed by atoms with Crippen LogP contribution >= 0.6 is 0 Å². The molecule has 8 N–H and O–H groups in total. The van der Waals surface area contributed by atoms with E-state index in [0.29, 0.717) is 45.3 Å². The molecule has 2 aromatic rings. The van der Waals surface area contributed by atoms with E-state index in [1.54, 1.807) is 6.92 Å². The van der Waals surface area contributed by atoms with Crippen LogP contribution in [0.25, 0.3) is 10.9 Å². The molecule has 38 heavy (non-hydrogen) atoms. The van der Waals surface area contributed by atoms with E-state index in [2.05, 4.69) is 25.9 Å². The molecule has 1 aliphatic rings. The number of carbonyl (C=O) groups is 4. The average molecular weight is 527 g/mol. The zero-order valence-electron chi connectivity index (χ0n) is 22.0. The van der Waals surface area contributed by atoms with Crippen LogP contribution in [0.15, 0.2) is 35.5 Å². The number of likely N-dealkylation sites (tertiary alicyclic amines) is 1. The van der Waals surface area contributed by atoms with Gasteiger partial charge < -0.3 is 37.3 Å². The number of aromatic nitrogens is 1. The summed E-state index contributed by atoms with van der Waals surface area (Å²) in [5, 5.41) is 9.29. The van der Waals surface area contributed by atoms with Crippen molar-refractivity contribution < 1.29 is 19.2 Å². The summed E-state index contributed by atoms with van der Waals surface area (Å²) >= 11 is 0. The molecule has 3 atom stereocenters. The van der Waals surface area contributed by atoms with Crippen molar-refractivity contribution in [1.29, 1.82) is 0 Å². The van der Waals surface area contributed by atoms with Gasteiger partial charge >= 0.3 is 0 Å². The maximum atomic E-state index is 13.7. The number of nitrogens with zero attached hydrogens (tertiary/aromatic N) is 2. The first-order valence-electron chi connectivity index (χ1n) is 13.0. The van der Waals surface area contributed by atoms with E-state index in [9.17, 15) is 19.2 Å². The molecular formula is C26H38N8O4. The molecule has 12 heteroatoms. The number of carbonyl (C=O) groups excluding carboxylic acids is 4. The lowest BCUT2D eigenvalue weighted by molar-refractivity contribution is -0.142. The number of hydrogen-bond acceptors (Lipinski definition) is 5. The lowest BCUT2D eigenvalue weighted by atomic mass is 10.0. The summed E-state index contributed by atoms with van der Waals surface area (Å²) in [6.07, 6.45) is 4.04. The number of hydrogen-bond donors (Lipinski definition) is 6. The molecule has 206 valence electrons. The summed E-state index contributed by atoms with van der Waals surface area (Å²) in [6, 6.07) is 5.37. The van der Waals surface area contributed by atoms with Crippen molar-refractivity contribution >= 4 is 40.5 Å². The van der Waals surface area contributed by atoms with Crippen LogP contribution in [0.1, 0.15) is 45.1 Å². The summed E-state index contributed by atoms with van der Waals surface area (Å²) in [5.74, 6) is -1.41. The van der Waals surface area contributed by atoms with Crippen LogP contribution in [0, 0.1) is 0 Å². The molecule has 0 bridgehead atoms. The third kappa shape index (κ3) is 7.46. The summed E-state index contributed by atoms with van der Waals surface area (Å²) in [4.78, 5) is 60.2. The number of guanidine groups is 1. The molecule has 0 spiro atoms. The number of para-hydroxylation sites is 1. The van der Waals surface area contributed by atoms with E-state index in [-0.39, 0.29) is 30.1 Å². The van der Waals surface area contributed by atoms with Gasteiger partial charge in [-0.25, -0.2) is 0 Å². The Morgan fingerprint density at radius 1 is 1.16 bits per heavy atom. The van der Waals surface area contributed by atoms with Gasteiger partial charge in [-0.2, -0.15) is 0 Å². The van der Waals surface area contributed by atoms with E-state index < -0.39 is 24.0 Å². The zero-order chi connectivity index (χ0) is 27.7. The third-order valence-corrected chi connectivity index (χ3v) is 6.54. The number of rotatable bonds is 12. The van der Waals surface area contributed by atoms with Gasteiger partial charge in [0.25, 0.3) is 0 Å². The topological polar surface area (TPSA) is 188 Å². The molecule has 0 aliphatic carbocycles. The van der Waals surface area contributed by atoms with E-state index in [4.69, 9.17) is 11.5 Å². The van der Waals surface area contributed by atoms with Gasteiger partial charge in [0.2, 0.25) is 23.6 Å². The molecule has 1 aromatic carbocycles. The van der Waals surface area contributed by atoms with Crippen LogP contribution in [0.4, 0.5) is 0 Å². The normalized spacial score (nSPS) is 16.5. The van der Waals surface area contributed by atoms with Crippen LogP contribution in [0.5, 0.6) is 0 Å². The predicted octanol–water partition coefficient (Wildman–Crippen LogP) is -0.119. The minimum absolute atomic E-state index is 0.0370. The molecular weight excluding hydrogens is 488 g/mol. The first kappa shape index (κ1) is 28.5. The summed E-state index contributed by atoms with van der Waals surface area (Å²) in [7, 11) is 0. The minimum atomic E-state index is -0.834. The van der Waals surface area contributed by atoms with Crippen molar-refractivity contribution in [3.63, 3.8) is 0 Å². The molecule has 12 nitrogen and oxygen atoms in total. The van der Waals surface area contributed by atoms with E-state index in [1.165, 1.54) is 11.8 Å². The molecule has 3 rings (SSSR count). The fraction of sp³-hybridized carbons (Fsp3) is 0.500. The number of aromatic amines is 1. The second-order valence-electron chi connectivity index (χ2n) is 9.41. The Kier molecular flexibility index (Phi) is 10.1. The van der Waals surface area contributed by atoms with Gasteiger partial charge in [-0.15, -0.1) is 0 Å². The molecule has 1 saturated heterocycles. The summed E-state index contributed by atoms with van der Waals surface area (Å²) in [5.41, 5.74) is 12.6. The number of aliphatic imine (C=N–C) groups is 1. The third-order valence-electron chi connectivity index (χ3n) is 6.54. The highest BCUT2D eigenvalue weighted by Gasteiger charge is 2.38. The van der Waals surface area contributed by atoms with Crippen LogP contribution in [0.3, 0.4) is 0 Å². The number of benzene rings is 1. The van der Waals surface area contributed by atoms with Crippen molar-refractivity contribution in [2.75, 3.05) is 19.6 Å². The number of fused-ring (bicyclic) bond motifs is 1. The Morgan fingerprint density at radius 2 is 1.92 bits per heavy atom. The fourth-order valence-corrected chi connectivity index (χ4v) is 4.81. The second-order valence-corrected chi connectivity index (χ2v) is 9.41. The molecule has 2 heterocycles. The zero-order valence-corrected chi connectivity index (χ0v) is 22.0. The first-order valence-corrected chi connectivity index (χ1v) is 13.0. The number of amides is 4. The summed E-state index contributed by atoms with van der Waals surface area (Å²) < 4.78 is 0. The van der Waals surface area contributed by atoms with E-state index in [0.717, 1.165) is 16.5 Å². The smallest absolute Gasteiger partial charge is 0.246 e. The molecule has 1 fully saturated rings. The van der Waals surface area contributed by atoms with Gasteiger partial charge in [0.15, 0.2) is 5.96 Å². The lowest BCUT2D eigenvalue weighted by Gasteiger charge is -2.29. The van der Waals surface area contributed by atoms with Crippen LogP contribution in [-0.2, 0) is 25.6 Å². The molecule has 1 aromatic heterocycles. The van der Waals surface area contributed by atoms with Crippen molar-refractivity contribution in [2.24, 2.45) is 16.5 Å². The van der Waals surface area contributed by atoms with Crippen molar-refractivity contribution in [1.82, 2.24) is 25.8 Å². The molecule has 0 saturated carbocycles. The van der Waals surface area contributed by atoms with Gasteiger partial charge in [0.1, 0.15) is 18.1 Å². The van der Waals surface area contributed by atoms with Crippen molar-refractivity contribution in [3.8, 4) is 0 Å². The highest BCUT2D eigenvalue weighted by molar-refractivity contribution is 5.95. The Morgan fingerprint density at radius 3 is 2.63 bits per heavy atom. The minimum Gasteiger partial charge on any atom is -0.370 e. The monoisotopic (exact) mass is 526 g/mol. The standard InChI is InChI=1S/C26H38N8O4/c1-3-29-23(36)20(10-6-12-30-26(27)28)33-24(37)22-11-7-13-34(22)25(38)21(32-16(2)35)14-17-15-31-19-9-5-4-8-18(17)19/h4-5,8-9,15,20-22,31H,3,6-7,10-14H2,1-2H3,(H,29,36)(H,32,35)(H,33,37)(H4,27,28,30)/t20-,21-,22-/m0/s1. The Bertz CT molecular complexity index is 1170. The van der Waals surface area contributed by atoms with Crippen LogP contribution in [-0.4, -0.2) is 77.2 Å². The first-order chi connectivity index (χ1) is 18.2. The Hall–Kier alpha value is -4.09. The number of nitrogens with one attached hydrogen (secondary N) is 4. The SMILES string of the molecule is CCNC(=O)[C@H](CCCN=C(N)N)NC(=O)[C@@H]1CCCN1C(=O)[C@H](Cc1c[nH]c2ccccc12)NC(C)=O. The molecule has 1 aliphatic heterocycles. The number of H-pyrrole nitrogens is 1. The quantitative estimate of drug-likeness (QED) is 0.127. The number of nitrogens with two attached hydrogens (primary N) is 2. The maximum Gasteiger partial charge on any atom is 0.246 e. The number of likely N-dealkylation sites (N-methyl/N-ethyl adjacent to an activating group) is 1. The predicted molar refractivity (Wildman–Crippen MR) is 145 cm³/mol. The summed E-state index contributed by atoms with van der Waals surface area (Å²) in [6.45, 7) is 4.29. The highest BCUT2D eigenvalue weighted by atomic mass is 16.2. The van der Waals surface area contributed by atoms with Crippen LogP contribution in [0.2, 0.25) is 0 Å². The lowest BCUT2D eigenvalue weighted by Crippen LogP contribution is -2.56. The molecule has 0 radical (unpaired) electrons. The van der Waals surface area contributed by atoms with Gasteiger partial charge in [-0.3, -0.25) is 24.2 Å². The van der Waals surface area contributed by atoms with E-state index in [1.807, 2.05) is 30.5 Å².